The largest absolute Gasteiger partial charge is 0.454 e. The van der Waals surface area contributed by atoms with Crippen molar-refractivity contribution in [2.45, 2.75) is 30.7 Å². The summed E-state index contributed by atoms with van der Waals surface area (Å²) >= 11 is 12.5. The Kier molecular flexibility index (Phi) is 5.02. The van der Waals surface area contributed by atoms with Gasteiger partial charge >= 0.3 is 5.97 Å². The Morgan fingerprint density at radius 2 is 1.76 bits per heavy atom. The van der Waals surface area contributed by atoms with Gasteiger partial charge in [-0.1, -0.05) is 60.5 Å². The molecule has 1 N–H and O–H groups in total. The highest BCUT2D eigenvalue weighted by Gasteiger charge is 2.74. The van der Waals surface area contributed by atoms with Gasteiger partial charge in [0.15, 0.2) is 17.6 Å². The molecule has 1 amide bonds. The van der Waals surface area contributed by atoms with Crippen LogP contribution in [0.2, 0.25) is 10.0 Å². The summed E-state index contributed by atoms with van der Waals surface area (Å²) in [6, 6.07) is 18.2. The second kappa shape index (κ2) is 8.12. The Morgan fingerprint density at radius 3 is 2.57 bits per heavy atom. The lowest BCUT2D eigenvalue weighted by Gasteiger charge is -2.31. The number of esters is 1. The predicted molar refractivity (Wildman–Crippen MR) is 135 cm³/mol. The summed E-state index contributed by atoms with van der Waals surface area (Å²) in [5, 5.41) is 3.70. The molecule has 1 spiro atoms. The zero-order valence-electron chi connectivity index (χ0n) is 19.6. The highest BCUT2D eigenvalue weighted by atomic mass is 35.5. The average molecular weight is 538 g/mol. The van der Waals surface area contributed by atoms with E-state index < -0.39 is 35.6 Å². The molecule has 188 valence electrons. The lowest BCUT2D eigenvalue weighted by atomic mass is 9.73. The SMILES string of the molecule is C[C@@H]1c2ccccc2[C@@H]2OC(=O)[C@H]3[C@@H](C(=O)Nc4ccc5c(c4)OCO5)C(c4ccc(Cl)c(Cl)c4)OC123. The zero-order chi connectivity index (χ0) is 25.5. The first-order valence-corrected chi connectivity index (χ1v) is 12.8. The van der Waals surface area contributed by atoms with Gasteiger partial charge in [0.2, 0.25) is 12.7 Å². The first-order valence-electron chi connectivity index (χ1n) is 12.0. The standard InChI is InChI=1S/C28H21Cl2NO6/c1-13-16-4-2-3-5-17(16)25-28(13)23(27(33)36-25)22(24(37-28)14-6-8-18(29)19(30)10-14)26(32)31-15-7-9-20-21(11-15)35-12-34-20/h2-11,13,22-25H,12H2,1H3,(H,31,32)/t13-,22-,23-,24?,25+,28?/m1/s1. The zero-order valence-corrected chi connectivity index (χ0v) is 21.1. The molecule has 2 saturated heterocycles. The molecule has 7 rings (SSSR count). The van der Waals surface area contributed by atoms with E-state index in [1.54, 1.807) is 36.4 Å². The van der Waals surface area contributed by atoms with Crippen LogP contribution in [-0.4, -0.2) is 24.3 Å². The first-order chi connectivity index (χ1) is 17.9. The second-order valence-corrected chi connectivity index (χ2v) is 10.6. The number of amides is 1. The summed E-state index contributed by atoms with van der Waals surface area (Å²) in [5.74, 6) is -1.55. The van der Waals surface area contributed by atoms with Crippen molar-refractivity contribution in [1.29, 1.82) is 0 Å². The van der Waals surface area contributed by atoms with E-state index in [0.717, 1.165) is 11.1 Å². The van der Waals surface area contributed by atoms with Gasteiger partial charge in [-0.25, -0.2) is 0 Å². The van der Waals surface area contributed by atoms with Crippen LogP contribution in [0.1, 0.15) is 41.7 Å². The minimum absolute atomic E-state index is 0.124. The number of fused-ring (bicyclic) bond motifs is 3. The monoisotopic (exact) mass is 537 g/mol. The minimum Gasteiger partial charge on any atom is -0.454 e. The Morgan fingerprint density at radius 1 is 0.973 bits per heavy atom. The lowest BCUT2D eigenvalue weighted by Crippen LogP contribution is -2.42. The van der Waals surface area contributed by atoms with Crippen molar-refractivity contribution in [2.75, 3.05) is 12.1 Å². The number of benzene rings is 3. The van der Waals surface area contributed by atoms with Gasteiger partial charge in [-0.2, -0.15) is 0 Å². The number of rotatable bonds is 3. The quantitative estimate of drug-likeness (QED) is 0.424. The second-order valence-electron chi connectivity index (χ2n) is 9.79. The van der Waals surface area contributed by atoms with Crippen molar-refractivity contribution in [3.8, 4) is 11.5 Å². The third-order valence-electron chi connectivity index (χ3n) is 8.04. The van der Waals surface area contributed by atoms with E-state index >= 15 is 0 Å². The maximum Gasteiger partial charge on any atom is 0.313 e. The van der Waals surface area contributed by atoms with Crippen LogP contribution >= 0.6 is 23.2 Å². The van der Waals surface area contributed by atoms with Crippen molar-refractivity contribution in [2.24, 2.45) is 11.8 Å². The van der Waals surface area contributed by atoms with Crippen molar-refractivity contribution in [1.82, 2.24) is 0 Å². The Labute approximate surface area is 222 Å². The normalized spacial score (nSPS) is 30.5. The number of nitrogens with one attached hydrogen (secondary N) is 1. The maximum atomic E-state index is 14.0. The van der Waals surface area contributed by atoms with Gasteiger partial charge in [0.1, 0.15) is 11.5 Å². The molecular weight excluding hydrogens is 517 g/mol. The van der Waals surface area contributed by atoms with E-state index in [9.17, 15) is 9.59 Å². The number of hydrogen-bond acceptors (Lipinski definition) is 6. The Bertz CT molecular complexity index is 1480. The van der Waals surface area contributed by atoms with Crippen LogP contribution < -0.4 is 14.8 Å². The van der Waals surface area contributed by atoms with E-state index in [1.807, 2.05) is 31.2 Å². The summed E-state index contributed by atoms with van der Waals surface area (Å²) in [7, 11) is 0. The van der Waals surface area contributed by atoms with Gasteiger partial charge in [-0.15, -0.1) is 0 Å². The molecule has 4 aliphatic rings. The molecule has 37 heavy (non-hydrogen) atoms. The van der Waals surface area contributed by atoms with Gasteiger partial charge in [0.05, 0.1) is 22.1 Å². The van der Waals surface area contributed by atoms with Gasteiger partial charge in [0.25, 0.3) is 0 Å². The van der Waals surface area contributed by atoms with E-state index in [2.05, 4.69) is 5.32 Å². The smallest absolute Gasteiger partial charge is 0.313 e. The number of halogens is 2. The maximum absolute atomic E-state index is 14.0. The highest BCUT2D eigenvalue weighted by molar-refractivity contribution is 6.42. The van der Waals surface area contributed by atoms with Crippen molar-refractivity contribution in [3.05, 3.63) is 87.4 Å². The molecular formula is C28H21Cl2NO6. The minimum atomic E-state index is -1.03. The van der Waals surface area contributed by atoms with E-state index in [4.69, 9.17) is 42.1 Å². The fourth-order valence-corrected chi connectivity index (χ4v) is 6.71. The Hall–Kier alpha value is -3.26. The number of carbonyl (C=O) groups is 2. The molecule has 1 aliphatic carbocycles. The summed E-state index contributed by atoms with van der Waals surface area (Å²) in [6.07, 6.45) is -1.36. The van der Waals surface area contributed by atoms with E-state index in [-0.39, 0.29) is 18.6 Å². The van der Waals surface area contributed by atoms with E-state index in [0.29, 0.717) is 32.8 Å². The van der Waals surface area contributed by atoms with E-state index in [1.165, 1.54) is 0 Å². The summed E-state index contributed by atoms with van der Waals surface area (Å²) < 4.78 is 23.6. The molecule has 2 fully saturated rings. The molecule has 0 saturated carbocycles. The molecule has 0 radical (unpaired) electrons. The van der Waals surface area contributed by atoms with Crippen LogP contribution in [0.15, 0.2) is 60.7 Å². The molecule has 6 atom stereocenters. The molecule has 3 aromatic carbocycles. The van der Waals surface area contributed by atoms with Crippen LogP contribution in [0.4, 0.5) is 5.69 Å². The molecule has 3 heterocycles. The van der Waals surface area contributed by atoms with Crippen LogP contribution in [-0.2, 0) is 19.1 Å². The van der Waals surface area contributed by atoms with Crippen molar-refractivity contribution >= 4 is 40.8 Å². The van der Waals surface area contributed by atoms with Crippen LogP contribution in [0, 0.1) is 11.8 Å². The molecule has 3 aliphatic heterocycles. The molecule has 0 aromatic heterocycles. The van der Waals surface area contributed by atoms with Crippen LogP contribution in [0.25, 0.3) is 0 Å². The fraction of sp³-hybridized carbons (Fsp3) is 0.286. The molecule has 3 aromatic rings. The Balaban J connectivity index is 1.32. The third kappa shape index (κ3) is 3.17. The van der Waals surface area contributed by atoms with Gasteiger partial charge < -0.3 is 24.3 Å². The first kappa shape index (κ1) is 22.9. The number of ether oxygens (including phenoxy) is 4. The molecule has 7 nitrogen and oxygen atoms in total. The molecule has 0 bridgehead atoms. The lowest BCUT2D eigenvalue weighted by molar-refractivity contribution is -0.152. The number of carbonyl (C=O) groups excluding carboxylic acids is 2. The summed E-state index contributed by atoms with van der Waals surface area (Å²) in [5.41, 5.74) is 2.12. The van der Waals surface area contributed by atoms with Crippen molar-refractivity contribution < 1.29 is 28.5 Å². The molecule has 2 unspecified atom stereocenters. The predicted octanol–water partition coefficient (Wildman–Crippen LogP) is 5.82. The number of anilines is 1. The fourth-order valence-electron chi connectivity index (χ4n) is 6.40. The van der Waals surface area contributed by atoms with Gasteiger partial charge in [0, 0.05) is 17.7 Å². The summed E-state index contributed by atoms with van der Waals surface area (Å²) in [4.78, 5) is 27.4. The average Bonchev–Trinajstić information content (AvgIpc) is 3.62. The van der Waals surface area contributed by atoms with Gasteiger partial charge in [-0.05, 0) is 41.0 Å². The summed E-state index contributed by atoms with van der Waals surface area (Å²) in [6.45, 7) is 2.15. The topological polar surface area (TPSA) is 83.1 Å². The van der Waals surface area contributed by atoms with Crippen LogP contribution in [0.5, 0.6) is 11.5 Å². The van der Waals surface area contributed by atoms with Gasteiger partial charge in [-0.3, -0.25) is 9.59 Å². The molecule has 9 heteroatoms. The van der Waals surface area contributed by atoms with Crippen molar-refractivity contribution in [3.63, 3.8) is 0 Å². The van der Waals surface area contributed by atoms with Crippen LogP contribution in [0.3, 0.4) is 0 Å². The third-order valence-corrected chi connectivity index (χ3v) is 8.78. The number of hydrogen-bond donors (Lipinski definition) is 1. The highest BCUT2D eigenvalue weighted by Crippen LogP contribution is 2.67.